The average molecular weight is 181 g/mol. The summed E-state index contributed by atoms with van der Waals surface area (Å²) in [6, 6.07) is 2.72. The molecule has 4 heteroatoms. The van der Waals surface area contributed by atoms with Crippen molar-refractivity contribution in [3.63, 3.8) is 0 Å². The van der Waals surface area contributed by atoms with Crippen LogP contribution in [0, 0.1) is 0 Å². The van der Waals surface area contributed by atoms with Gasteiger partial charge in [-0.25, -0.2) is 4.79 Å². The van der Waals surface area contributed by atoms with Gasteiger partial charge in [-0.2, -0.15) is 0 Å². The second kappa shape index (κ2) is 3.89. The van der Waals surface area contributed by atoms with E-state index in [1.165, 1.54) is 12.1 Å². The summed E-state index contributed by atoms with van der Waals surface area (Å²) in [6.07, 6.45) is 1.15. The zero-order valence-corrected chi connectivity index (χ0v) is 7.53. The quantitative estimate of drug-likeness (QED) is 0.733. The Bertz CT molecular complexity index is 334. The van der Waals surface area contributed by atoms with E-state index in [-0.39, 0.29) is 11.9 Å². The predicted molar refractivity (Wildman–Crippen MR) is 47.6 cm³/mol. The normalized spacial score (nSPS) is 10.1. The van der Waals surface area contributed by atoms with Crippen molar-refractivity contribution in [1.82, 2.24) is 5.32 Å². The molecule has 1 aromatic heterocycles. The lowest BCUT2D eigenvalue weighted by molar-refractivity contribution is 0.0940. The number of hydrogen-bond donors (Lipinski definition) is 1. The monoisotopic (exact) mass is 181 g/mol. The van der Waals surface area contributed by atoms with Crippen molar-refractivity contribution in [1.29, 1.82) is 0 Å². The number of amides is 1. The van der Waals surface area contributed by atoms with Crippen molar-refractivity contribution in [2.45, 2.75) is 19.9 Å². The van der Waals surface area contributed by atoms with Crippen molar-refractivity contribution in [2.75, 3.05) is 0 Å². The van der Waals surface area contributed by atoms with Gasteiger partial charge in [-0.15, -0.1) is 0 Å². The maximum Gasteiger partial charge on any atom is 0.335 e. The number of hydrogen-bond acceptors (Lipinski definition) is 3. The van der Waals surface area contributed by atoms with Gasteiger partial charge in [0.1, 0.15) is 6.26 Å². The van der Waals surface area contributed by atoms with Gasteiger partial charge in [0.05, 0.1) is 5.56 Å². The van der Waals surface area contributed by atoms with E-state index in [4.69, 9.17) is 0 Å². The van der Waals surface area contributed by atoms with Crippen LogP contribution in [-0.4, -0.2) is 11.9 Å². The molecule has 0 aliphatic heterocycles. The molecule has 13 heavy (non-hydrogen) atoms. The van der Waals surface area contributed by atoms with Crippen LogP contribution < -0.4 is 10.9 Å². The lowest BCUT2D eigenvalue weighted by Gasteiger charge is -2.06. The van der Waals surface area contributed by atoms with Gasteiger partial charge >= 0.3 is 5.63 Å². The first-order valence-electron chi connectivity index (χ1n) is 3.99. The predicted octanol–water partition coefficient (Wildman–Crippen LogP) is 0.778. The molecule has 0 saturated heterocycles. The Hall–Kier alpha value is -1.58. The fourth-order valence-electron chi connectivity index (χ4n) is 0.833. The van der Waals surface area contributed by atoms with Gasteiger partial charge in [-0.3, -0.25) is 4.79 Å². The van der Waals surface area contributed by atoms with Crippen LogP contribution >= 0.6 is 0 Å². The Kier molecular flexibility index (Phi) is 2.84. The van der Waals surface area contributed by atoms with Gasteiger partial charge in [0.2, 0.25) is 0 Å². The molecule has 1 N–H and O–H groups in total. The first kappa shape index (κ1) is 9.51. The standard InChI is InChI=1S/C9H11NO3/c1-6(2)10-9(12)7-3-4-8(11)13-5-7/h3-6H,1-2H3,(H,10,12). The molecular weight excluding hydrogens is 170 g/mol. The average Bonchev–Trinajstić information content (AvgIpc) is 2.04. The fraction of sp³-hybridized carbons (Fsp3) is 0.333. The van der Waals surface area contributed by atoms with Crippen LogP contribution in [0.2, 0.25) is 0 Å². The molecule has 1 heterocycles. The summed E-state index contributed by atoms with van der Waals surface area (Å²) in [5.74, 6) is -0.237. The molecule has 4 nitrogen and oxygen atoms in total. The van der Waals surface area contributed by atoms with Gasteiger partial charge in [-0.1, -0.05) is 0 Å². The van der Waals surface area contributed by atoms with Crippen LogP contribution in [0.1, 0.15) is 24.2 Å². The maximum absolute atomic E-state index is 11.3. The SMILES string of the molecule is CC(C)NC(=O)c1ccc(=O)oc1. The summed E-state index contributed by atoms with van der Waals surface area (Å²) in [4.78, 5) is 21.9. The van der Waals surface area contributed by atoms with Gasteiger partial charge < -0.3 is 9.73 Å². The summed E-state index contributed by atoms with van der Waals surface area (Å²) in [7, 11) is 0. The minimum Gasteiger partial charge on any atom is -0.430 e. The van der Waals surface area contributed by atoms with E-state index < -0.39 is 5.63 Å². The Morgan fingerprint density at radius 3 is 2.62 bits per heavy atom. The van der Waals surface area contributed by atoms with E-state index in [2.05, 4.69) is 9.73 Å². The van der Waals surface area contributed by atoms with E-state index in [1.807, 2.05) is 13.8 Å². The highest BCUT2D eigenvalue weighted by Gasteiger charge is 2.06. The second-order valence-corrected chi connectivity index (χ2v) is 2.97. The number of carbonyl (C=O) groups is 1. The molecule has 0 aromatic carbocycles. The Morgan fingerprint density at radius 2 is 2.15 bits per heavy atom. The Labute approximate surface area is 75.6 Å². The first-order valence-corrected chi connectivity index (χ1v) is 3.99. The third-order valence-corrected chi connectivity index (χ3v) is 1.38. The molecule has 70 valence electrons. The van der Waals surface area contributed by atoms with E-state index >= 15 is 0 Å². The molecule has 1 rings (SSSR count). The molecule has 0 radical (unpaired) electrons. The van der Waals surface area contributed by atoms with Crippen LogP contribution in [0.5, 0.6) is 0 Å². The molecule has 0 unspecified atom stereocenters. The first-order chi connectivity index (χ1) is 6.09. The van der Waals surface area contributed by atoms with Crippen LogP contribution in [0.4, 0.5) is 0 Å². The van der Waals surface area contributed by atoms with Gasteiger partial charge in [0.25, 0.3) is 5.91 Å². The highest BCUT2D eigenvalue weighted by Crippen LogP contribution is 1.95. The summed E-state index contributed by atoms with van der Waals surface area (Å²) in [5.41, 5.74) is -0.102. The lowest BCUT2D eigenvalue weighted by atomic mass is 10.2. The summed E-state index contributed by atoms with van der Waals surface area (Å²) >= 11 is 0. The summed E-state index contributed by atoms with van der Waals surface area (Å²) in [5, 5.41) is 2.68. The van der Waals surface area contributed by atoms with E-state index in [9.17, 15) is 9.59 Å². The molecule has 0 spiro atoms. The van der Waals surface area contributed by atoms with E-state index in [1.54, 1.807) is 0 Å². The molecule has 0 aliphatic rings. The molecule has 0 saturated carbocycles. The van der Waals surface area contributed by atoms with Crippen LogP contribution in [0.25, 0.3) is 0 Å². The van der Waals surface area contributed by atoms with Crippen molar-refractivity contribution >= 4 is 5.91 Å². The second-order valence-electron chi connectivity index (χ2n) is 2.97. The topological polar surface area (TPSA) is 59.3 Å². The molecule has 0 aliphatic carbocycles. The van der Waals surface area contributed by atoms with Crippen molar-refractivity contribution in [2.24, 2.45) is 0 Å². The smallest absolute Gasteiger partial charge is 0.335 e. The van der Waals surface area contributed by atoms with Gasteiger partial charge in [-0.05, 0) is 19.9 Å². The fourth-order valence-corrected chi connectivity index (χ4v) is 0.833. The number of carbonyl (C=O) groups excluding carboxylic acids is 1. The van der Waals surface area contributed by atoms with Crippen molar-refractivity contribution in [3.8, 4) is 0 Å². The Balaban J connectivity index is 2.78. The third-order valence-electron chi connectivity index (χ3n) is 1.38. The van der Waals surface area contributed by atoms with Gasteiger partial charge in [0, 0.05) is 12.1 Å². The molecule has 0 fully saturated rings. The molecule has 0 atom stereocenters. The largest absolute Gasteiger partial charge is 0.430 e. The highest BCUT2D eigenvalue weighted by atomic mass is 16.4. The summed E-state index contributed by atoms with van der Waals surface area (Å²) in [6.45, 7) is 3.72. The zero-order valence-electron chi connectivity index (χ0n) is 7.53. The summed E-state index contributed by atoms with van der Waals surface area (Å²) < 4.78 is 4.54. The minimum atomic E-state index is -0.457. The van der Waals surface area contributed by atoms with Crippen molar-refractivity contribution in [3.05, 3.63) is 34.4 Å². The van der Waals surface area contributed by atoms with E-state index in [0.717, 1.165) is 6.26 Å². The van der Waals surface area contributed by atoms with Gasteiger partial charge in [0.15, 0.2) is 0 Å². The maximum atomic E-state index is 11.3. The zero-order chi connectivity index (χ0) is 9.84. The third kappa shape index (κ3) is 2.74. The number of nitrogens with one attached hydrogen (secondary N) is 1. The number of rotatable bonds is 2. The molecule has 0 bridgehead atoms. The minimum absolute atomic E-state index is 0.0689. The highest BCUT2D eigenvalue weighted by molar-refractivity contribution is 5.93. The van der Waals surface area contributed by atoms with Crippen LogP contribution in [-0.2, 0) is 0 Å². The van der Waals surface area contributed by atoms with Crippen molar-refractivity contribution < 1.29 is 9.21 Å². The van der Waals surface area contributed by atoms with E-state index in [0.29, 0.717) is 5.56 Å². The molecular formula is C9H11NO3. The lowest BCUT2D eigenvalue weighted by Crippen LogP contribution is -2.30. The molecule has 1 amide bonds. The Morgan fingerprint density at radius 1 is 1.46 bits per heavy atom. The molecule has 1 aromatic rings. The van der Waals surface area contributed by atoms with Crippen LogP contribution in [0.15, 0.2) is 27.6 Å². The van der Waals surface area contributed by atoms with Crippen LogP contribution in [0.3, 0.4) is 0 Å².